The first-order valence-corrected chi connectivity index (χ1v) is 7.18. The van der Waals surface area contributed by atoms with E-state index < -0.39 is 0 Å². The number of anilines is 2. The average Bonchev–Trinajstić information content (AvgIpc) is 2.82. The van der Waals surface area contributed by atoms with Crippen LogP contribution in [0.15, 0.2) is 6.33 Å². The van der Waals surface area contributed by atoms with Gasteiger partial charge in [-0.05, 0) is 39.3 Å². The van der Waals surface area contributed by atoms with Crippen LogP contribution in [0.4, 0.5) is 11.6 Å². The van der Waals surface area contributed by atoms with Gasteiger partial charge in [-0.25, -0.2) is 9.97 Å². The number of hydrogen-bond donors (Lipinski definition) is 2. The predicted octanol–water partition coefficient (Wildman–Crippen LogP) is 1.97. The summed E-state index contributed by atoms with van der Waals surface area (Å²) in [6.45, 7) is 8.55. The summed E-state index contributed by atoms with van der Waals surface area (Å²) in [5.41, 5.74) is 1.11. The molecule has 0 bridgehead atoms. The number of nitrogens with zero attached hydrogens (tertiary/aromatic N) is 3. The van der Waals surface area contributed by atoms with E-state index in [1.807, 2.05) is 0 Å². The second-order valence-electron chi connectivity index (χ2n) is 5.42. The fourth-order valence-electron chi connectivity index (χ4n) is 2.48. The van der Waals surface area contributed by atoms with Gasteiger partial charge in [0, 0.05) is 25.2 Å². The normalized spacial score (nSPS) is 19.6. The van der Waals surface area contributed by atoms with Crippen LogP contribution in [-0.4, -0.2) is 48.1 Å². The summed E-state index contributed by atoms with van der Waals surface area (Å²) >= 11 is 0. The molecule has 5 heteroatoms. The molecular formula is C14H25N5. The highest BCUT2D eigenvalue weighted by atomic mass is 15.1. The second-order valence-corrected chi connectivity index (χ2v) is 5.42. The topological polar surface area (TPSA) is 53.1 Å². The summed E-state index contributed by atoms with van der Waals surface area (Å²) in [7, 11) is 2.18. The quantitative estimate of drug-likeness (QED) is 0.822. The summed E-state index contributed by atoms with van der Waals surface area (Å²) in [4.78, 5) is 11.0. The molecule has 0 saturated carbocycles. The van der Waals surface area contributed by atoms with Crippen LogP contribution in [0.3, 0.4) is 0 Å². The van der Waals surface area contributed by atoms with Crippen molar-refractivity contribution in [3.8, 4) is 0 Å². The lowest BCUT2D eigenvalue weighted by atomic mass is 10.1. The Morgan fingerprint density at radius 1 is 1.32 bits per heavy atom. The molecule has 5 nitrogen and oxygen atoms in total. The molecule has 0 amide bonds. The lowest BCUT2D eigenvalue weighted by Crippen LogP contribution is -2.20. The number of likely N-dealkylation sites (tertiary alicyclic amines) is 1. The first-order valence-electron chi connectivity index (χ1n) is 7.18. The Morgan fingerprint density at radius 3 is 2.68 bits per heavy atom. The lowest BCUT2D eigenvalue weighted by Gasteiger charge is -2.15. The molecule has 2 N–H and O–H groups in total. The van der Waals surface area contributed by atoms with Crippen LogP contribution in [0.1, 0.15) is 25.3 Å². The lowest BCUT2D eigenvalue weighted by molar-refractivity contribution is 0.399. The zero-order valence-corrected chi connectivity index (χ0v) is 12.2. The van der Waals surface area contributed by atoms with Gasteiger partial charge in [-0.15, -0.1) is 0 Å². The highest BCUT2D eigenvalue weighted by molar-refractivity contribution is 5.56. The van der Waals surface area contributed by atoms with Gasteiger partial charge in [0.1, 0.15) is 18.0 Å². The summed E-state index contributed by atoms with van der Waals surface area (Å²) < 4.78 is 0. The van der Waals surface area contributed by atoms with Crippen LogP contribution < -0.4 is 10.6 Å². The van der Waals surface area contributed by atoms with Gasteiger partial charge in [0.15, 0.2) is 0 Å². The molecule has 1 aliphatic heterocycles. The SMILES string of the molecule is CCCNc1ncnc(NCC2CCN(C)C2)c1C. The maximum atomic E-state index is 4.35. The molecule has 2 rings (SSSR count). The third kappa shape index (κ3) is 3.80. The fraction of sp³-hybridized carbons (Fsp3) is 0.714. The minimum Gasteiger partial charge on any atom is -0.370 e. The molecule has 0 spiro atoms. The third-order valence-electron chi connectivity index (χ3n) is 3.67. The van der Waals surface area contributed by atoms with Crippen LogP contribution in [0.5, 0.6) is 0 Å². The Labute approximate surface area is 115 Å². The average molecular weight is 263 g/mol. The van der Waals surface area contributed by atoms with Crippen molar-refractivity contribution in [2.24, 2.45) is 5.92 Å². The Hall–Kier alpha value is -1.36. The van der Waals surface area contributed by atoms with E-state index in [9.17, 15) is 0 Å². The molecule has 1 saturated heterocycles. The highest BCUT2D eigenvalue weighted by Gasteiger charge is 2.19. The molecule has 0 aromatic carbocycles. The van der Waals surface area contributed by atoms with Crippen LogP contribution in [0.25, 0.3) is 0 Å². The standard InChI is InChI=1S/C14H25N5/c1-4-6-15-13-11(2)14(18-10-17-13)16-8-12-5-7-19(3)9-12/h10,12H,4-9H2,1-3H3,(H2,15,16,17,18). The Balaban J connectivity index is 1.92. The first kappa shape index (κ1) is 14.1. The molecule has 1 aromatic rings. The summed E-state index contributed by atoms with van der Waals surface area (Å²) in [6.07, 6.45) is 4.00. The van der Waals surface area contributed by atoms with Crippen molar-refractivity contribution < 1.29 is 0 Å². The number of nitrogens with one attached hydrogen (secondary N) is 2. The van der Waals surface area contributed by atoms with E-state index in [4.69, 9.17) is 0 Å². The summed E-state index contributed by atoms with van der Waals surface area (Å²) in [6, 6.07) is 0. The summed E-state index contributed by atoms with van der Waals surface area (Å²) in [5, 5.41) is 6.81. The van der Waals surface area contributed by atoms with Gasteiger partial charge in [0.25, 0.3) is 0 Å². The minimum atomic E-state index is 0.728. The van der Waals surface area contributed by atoms with E-state index in [2.05, 4.69) is 46.4 Å². The van der Waals surface area contributed by atoms with E-state index in [1.165, 1.54) is 19.5 Å². The Morgan fingerprint density at radius 2 is 2.05 bits per heavy atom. The number of hydrogen-bond acceptors (Lipinski definition) is 5. The van der Waals surface area contributed by atoms with Crippen molar-refractivity contribution >= 4 is 11.6 Å². The van der Waals surface area contributed by atoms with Crippen molar-refractivity contribution in [3.05, 3.63) is 11.9 Å². The van der Waals surface area contributed by atoms with Crippen molar-refractivity contribution in [1.29, 1.82) is 0 Å². The largest absolute Gasteiger partial charge is 0.370 e. The van der Waals surface area contributed by atoms with Gasteiger partial charge in [0.2, 0.25) is 0 Å². The molecule has 2 heterocycles. The van der Waals surface area contributed by atoms with Crippen LogP contribution in [0, 0.1) is 12.8 Å². The molecule has 106 valence electrons. The van der Waals surface area contributed by atoms with Gasteiger partial charge < -0.3 is 15.5 Å². The van der Waals surface area contributed by atoms with Crippen molar-refractivity contribution in [2.45, 2.75) is 26.7 Å². The van der Waals surface area contributed by atoms with Crippen molar-refractivity contribution in [2.75, 3.05) is 43.9 Å². The molecule has 0 aliphatic carbocycles. The first-order chi connectivity index (χ1) is 9.20. The molecule has 1 aliphatic rings. The molecule has 1 unspecified atom stereocenters. The monoisotopic (exact) mass is 263 g/mol. The van der Waals surface area contributed by atoms with Crippen molar-refractivity contribution in [1.82, 2.24) is 14.9 Å². The number of aromatic nitrogens is 2. The van der Waals surface area contributed by atoms with Gasteiger partial charge in [0.05, 0.1) is 0 Å². The minimum absolute atomic E-state index is 0.728. The van der Waals surface area contributed by atoms with E-state index in [0.29, 0.717) is 0 Å². The molecular weight excluding hydrogens is 238 g/mol. The highest BCUT2D eigenvalue weighted by Crippen LogP contribution is 2.20. The van der Waals surface area contributed by atoms with Gasteiger partial charge >= 0.3 is 0 Å². The third-order valence-corrected chi connectivity index (χ3v) is 3.67. The maximum Gasteiger partial charge on any atom is 0.134 e. The van der Waals surface area contributed by atoms with Gasteiger partial charge in [-0.2, -0.15) is 0 Å². The smallest absolute Gasteiger partial charge is 0.134 e. The molecule has 1 atom stereocenters. The molecule has 1 aromatic heterocycles. The molecule has 19 heavy (non-hydrogen) atoms. The van der Waals surface area contributed by atoms with Gasteiger partial charge in [-0.1, -0.05) is 6.92 Å². The van der Waals surface area contributed by atoms with E-state index in [-0.39, 0.29) is 0 Å². The van der Waals surface area contributed by atoms with E-state index >= 15 is 0 Å². The van der Waals surface area contributed by atoms with E-state index in [1.54, 1.807) is 6.33 Å². The Kier molecular flexibility index (Phi) is 4.96. The van der Waals surface area contributed by atoms with Crippen LogP contribution in [-0.2, 0) is 0 Å². The zero-order valence-electron chi connectivity index (χ0n) is 12.2. The summed E-state index contributed by atoms with van der Waals surface area (Å²) in [5.74, 6) is 2.64. The molecule has 1 fully saturated rings. The fourth-order valence-corrected chi connectivity index (χ4v) is 2.48. The van der Waals surface area contributed by atoms with Gasteiger partial charge in [-0.3, -0.25) is 0 Å². The zero-order chi connectivity index (χ0) is 13.7. The molecule has 0 radical (unpaired) electrons. The van der Waals surface area contributed by atoms with Crippen LogP contribution in [0.2, 0.25) is 0 Å². The maximum absolute atomic E-state index is 4.35. The second kappa shape index (κ2) is 6.70. The number of rotatable bonds is 6. The van der Waals surface area contributed by atoms with E-state index in [0.717, 1.165) is 42.6 Å². The predicted molar refractivity (Wildman–Crippen MR) is 79.6 cm³/mol. The van der Waals surface area contributed by atoms with Crippen LogP contribution >= 0.6 is 0 Å². The Bertz CT molecular complexity index is 407. The van der Waals surface area contributed by atoms with Crippen molar-refractivity contribution in [3.63, 3.8) is 0 Å².